The summed E-state index contributed by atoms with van der Waals surface area (Å²) >= 11 is 0. The van der Waals surface area contributed by atoms with Gasteiger partial charge < -0.3 is 28.4 Å². The molecule has 1 heterocycles. The fourth-order valence-corrected chi connectivity index (χ4v) is 1.02. The number of carbonyl (C=O) groups is 2. The molecule has 0 saturated carbocycles. The molecule has 0 spiro atoms. The first-order chi connectivity index (χ1) is 8.79. The van der Waals surface area contributed by atoms with E-state index >= 15 is 0 Å². The monoisotopic (exact) mass is 264 g/mol. The predicted octanol–water partition coefficient (Wildman–Crippen LogP) is 0.340. The van der Waals surface area contributed by atoms with Crippen LogP contribution in [0.5, 0.6) is 0 Å². The number of hydrogen-bond donors (Lipinski definition) is 0. The second-order valence-electron chi connectivity index (χ2n) is 3.12. The van der Waals surface area contributed by atoms with Crippen LogP contribution in [0.25, 0.3) is 0 Å². The molecule has 1 aliphatic heterocycles. The fourth-order valence-electron chi connectivity index (χ4n) is 1.02. The number of rotatable bonds is 0. The number of carbonyl (C=O) groups excluding carboxylic acids is 2. The van der Waals surface area contributed by atoms with Gasteiger partial charge in [-0.25, -0.2) is 9.59 Å². The van der Waals surface area contributed by atoms with Crippen molar-refractivity contribution in [1.29, 1.82) is 0 Å². The average Bonchev–Trinajstić information content (AvgIpc) is 2.35. The zero-order valence-corrected chi connectivity index (χ0v) is 9.92. The van der Waals surface area contributed by atoms with Crippen LogP contribution >= 0.6 is 0 Å². The molecule has 8 nitrogen and oxygen atoms in total. The molecule has 1 saturated heterocycles. The van der Waals surface area contributed by atoms with Crippen molar-refractivity contribution in [1.82, 2.24) is 0 Å². The van der Waals surface area contributed by atoms with Gasteiger partial charge in [-0.2, -0.15) is 0 Å². The van der Waals surface area contributed by atoms with Gasteiger partial charge in [0.25, 0.3) is 0 Å². The first-order valence-corrected chi connectivity index (χ1v) is 5.53. The Kier molecular flexibility index (Phi) is 7.65. The molecule has 1 aliphatic rings. The quantitative estimate of drug-likeness (QED) is 0.578. The first-order valence-electron chi connectivity index (χ1n) is 5.53. The zero-order chi connectivity index (χ0) is 13.1. The van der Waals surface area contributed by atoms with E-state index in [0.29, 0.717) is 13.2 Å². The molecule has 0 amide bonds. The van der Waals surface area contributed by atoms with E-state index in [1.807, 2.05) is 0 Å². The van der Waals surface area contributed by atoms with E-state index < -0.39 is 12.3 Å². The number of ether oxygens (including phenoxy) is 6. The molecular formula is C10H16O8. The molecule has 1 rings (SSSR count). The Balaban J connectivity index is 2.22. The summed E-state index contributed by atoms with van der Waals surface area (Å²) in [4.78, 5) is 21.9. The molecule has 8 heteroatoms. The van der Waals surface area contributed by atoms with Gasteiger partial charge in [0, 0.05) is 0 Å². The lowest BCUT2D eigenvalue weighted by atomic mass is 10.7. The van der Waals surface area contributed by atoms with Crippen molar-refractivity contribution >= 4 is 12.3 Å². The van der Waals surface area contributed by atoms with Crippen LogP contribution in [0.3, 0.4) is 0 Å². The summed E-state index contributed by atoms with van der Waals surface area (Å²) in [6, 6.07) is 0. The highest BCUT2D eigenvalue weighted by Gasteiger charge is 2.07. The third-order valence-corrected chi connectivity index (χ3v) is 1.79. The van der Waals surface area contributed by atoms with Gasteiger partial charge in [0.15, 0.2) is 0 Å². The van der Waals surface area contributed by atoms with Crippen molar-refractivity contribution in [3.8, 4) is 0 Å². The summed E-state index contributed by atoms with van der Waals surface area (Å²) < 4.78 is 28.8. The Morgan fingerprint density at radius 1 is 0.500 bits per heavy atom. The molecule has 0 radical (unpaired) electrons. The highest BCUT2D eigenvalue weighted by Crippen LogP contribution is 1.91. The third-order valence-electron chi connectivity index (χ3n) is 1.79. The maximum atomic E-state index is 11.0. The van der Waals surface area contributed by atoms with Gasteiger partial charge in [-0.05, 0) is 0 Å². The first kappa shape index (κ1) is 14.5. The normalized spacial score (nSPS) is 21.1. The molecular weight excluding hydrogens is 248 g/mol. The lowest BCUT2D eigenvalue weighted by Crippen LogP contribution is -2.19. The van der Waals surface area contributed by atoms with Crippen LogP contribution in [0.2, 0.25) is 0 Å². The maximum Gasteiger partial charge on any atom is 0.508 e. The highest BCUT2D eigenvalue weighted by atomic mass is 16.8. The largest absolute Gasteiger partial charge is 0.508 e. The lowest BCUT2D eigenvalue weighted by molar-refractivity contribution is -0.0189. The molecule has 0 aromatic carbocycles. The molecule has 0 aliphatic carbocycles. The molecule has 0 atom stereocenters. The van der Waals surface area contributed by atoms with E-state index in [0.717, 1.165) is 0 Å². The van der Waals surface area contributed by atoms with Crippen LogP contribution in [0, 0.1) is 0 Å². The van der Waals surface area contributed by atoms with Crippen molar-refractivity contribution in [3.63, 3.8) is 0 Å². The maximum absolute atomic E-state index is 11.0. The molecule has 0 unspecified atom stereocenters. The van der Waals surface area contributed by atoms with Crippen molar-refractivity contribution in [2.75, 3.05) is 52.9 Å². The van der Waals surface area contributed by atoms with E-state index in [1.54, 1.807) is 0 Å². The second kappa shape index (κ2) is 9.49. The smallest absolute Gasteiger partial charge is 0.432 e. The summed E-state index contributed by atoms with van der Waals surface area (Å²) in [5.41, 5.74) is 0. The van der Waals surface area contributed by atoms with Crippen LogP contribution in [0.15, 0.2) is 0 Å². The Labute approximate surface area is 104 Å². The van der Waals surface area contributed by atoms with Crippen LogP contribution in [-0.4, -0.2) is 65.2 Å². The van der Waals surface area contributed by atoms with Crippen LogP contribution in [0.1, 0.15) is 0 Å². The minimum Gasteiger partial charge on any atom is -0.432 e. The van der Waals surface area contributed by atoms with Crippen molar-refractivity contribution in [3.05, 3.63) is 0 Å². The van der Waals surface area contributed by atoms with Crippen molar-refractivity contribution < 1.29 is 38.0 Å². The summed E-state index contributed by atoms with van der Waals surface area (Å²) in [6.45, 7) is 1.28. The topological polar surface area (TPSA) is 89.5 Å². The molecule has 104 valence electrons. The fraction of sp³-hybridized carbons (Fsp3) is 0.800. The molecule has 0 aromatic heterocycles. The SMILES string of the molecule is O=C1OCCOCCOCCOC(=O)OCCO1. The Morgan fingerprint density at radius 3 is 1.17 bits per heavy atom. The minimum atomic E-state index is -0.834. The van der Waals surface area contributed by atoms with Crippen molar-refractivity contribution in [2.45, 2.75) is 0 Å². The summed E-state index contributed by atoms with van der Waals surface area (Å²) in [5.74, 6) is 0. The van der Waals surface area contributed by atoms with Crippen molar-refractivity contribution in [2.24, 2.45) is 0 Å². The third kappa shape index (κ3) is 7.69. The lowest BCUT2D eigenvalue weighted by Gasteiger charge is -2.10. The Hall–Kier alpha value is -1.54. The van der Waals surface area contributed by atoms with E-state index in [9.17, 15) is 9.59 Å². The van der Waals surface area contributed by atoms with E-state index in [4.69, 9.17) is 9.47 Å². The predicted molar refractivity (Wildman–Crippen MR) is 56.2 cm³/mol. The molecule has 0 bridgehead atoms. The van der Waals surface area contributed by atoms with Gasteiger partial charge in [-0.1, -0.05) is 0 Å². The molecule has 1 fully saturated rings. The van der Waals surface area contributed by atoms with Crippen LogP contribution in [0.4, 0.5) is 9.59 Å². The van der Waals surface area contributed by atoms with Gasteiger partial charge in [0.05, 0.1) is 26.4 Å². The Morgan fingerprint density at radius 2 is 0.778 bits per heavy atom. The molecule has 0 N–H and O–H groups in total. The second-order valence-corrected chi connectivity index (χ2v) is 3.12. The zero-order valence-electron chi connectivity index (χ0n) is 9.92. The summed E-state index contributed by atoms with van der Waals surface area (Å²) in [5, 5.41) is 0. The summed E-state index contributed by atoms with van der Waals surface area (Å²) in [7, 11) is 0. The van der Waals surface area contributed by atoms with Gasteiger partial charge in [-0.3, -0.25) is 0 Å². The standard InChI is InChI=1S/C10H16O8/c11-9-15-5-3-13-1-2-14-4-6-16-10(12)18-8-7-17-9/h1-8H2. The van der Waals surface area contributed by atoms with E-state index in [1.165, 1.54) is 0 Å². The van der Waals surface area contributed by atoms with Gasteiger partial charge in [0.1, 0.15) is 26.4 Å². The molecule has 18 heavy (non-hydrogen) atoms. The average molecular weight is 264 g/mol. The van der Waals surface area contributed by atoms with Gasteiger partial charge in [0.2, 0.25) is 0 Å². The number of cyclic esters (lactones) is 4. The van der Waals surface area contributed by atoms with E-state index in [-0.39, 0.29) is 39.6 Å². The highest BCUT2D eigenvalue weighted by molar-refractivity contribution is 5.60. The van der Waals surface area contributed by atoms with E-state index in [2.05, 4.69) is 18.9 Å². The van der Waals surface area contributed by atoms with Crippen LogP contribution < -0.4 is 0 Å². The summed E-state index contributed by atoms with van der Waals surface area (Å²) in [6.07, 6.45) is -1.67. The Bertz CT molecular complexity index is 228. The number of hydrogen-bond acceptors (Lipinski definition) is 8. The molecule has 0 aromatic rings. The van der Waals surface area contributed by atoms with Gasteiger partial charge >= 0.3 is 12.3 Å². The van der Waals surface area contributed by atoms with Gasteiger partial charge in [-0.15, -0.1) is 0 Å². The minimum absolute atomic E-state index is 0.0920. The van der Waals surface area contributed by atoms with Crippen LogP contribution in [-0.2, 0) is 28.4 Å².